The van der Waals surface area contributed by atoms with Gasteiger partial charge in [0.05, 0.1) is 25.0 Å². The highest BCUT2D eigenvalue weighted by Crippen LogP contribution is 2.27. The third kappa shape index (κ3) is 4.85. The predicted octanol–water partition coefficient (Wildman–Crippen LogP) is 5.24. The summed E-state index contributed by atoms with van der Waals surface area (Å²) in [4.78, 5) is 12.3. The van der Waals surface area contributed by atoms with Crippen molar-refractivity contribution in [2.75, 3.05) is 19.0 Å². The molecule has 0 saturated carbocycles. The van der Waals surface area contributed by atoms with Crippen LogP contribution >= 0.6 is 31.9 Å². The van der Waals surface area contributed by atoms with E-state index in [1.165, 1.54) is 0 Å². The molecule has 0 aliphatic rings. The van der Waals surface area contributed by atoms with Gasteiger partial charge in [0.15, 0.2) is 0 Å². The van der Waals surface area contributed by atoms with Gasteiger partial charge in [0.2, 0.25) is 0 Å². The molecular weight excluding hydrogens is 438 g/mol. The van der Waals surface area contributed by atoms with Crippen LogP contribution in [0, 0.1) is 0 Å². The van der Waals surface area contributed by atoms with E-state index in [9.17, 15) is 4.79 Å². The quantitative estimate of drug-likeness (QED) is 0.479. The molecule has 24 heavy (non-hydrogen) atoms. The van der Waals surface area contributed by atoms with Gasteiger partial charge < -0.3 is 14.8 Å². The number of esters is 1. The summed E-state index contributed by atoms with van der Waals surface area (Å²) >= 11 is 6.90. The van der Waals surface area contributed by atoms with Crippen LogP contribution in [0.25, 0.3) is 5.57 Å². The van der Waals surface area contributed by atoms with Crippen LogP contribution in [0.1, 0.15) is 12.5 Å². The van der Waals surface area contributed by atoms with Crippen molar-refractivity contribution < 1.29 is 14.3 Å². The summed E-state index contributed by atoms with van der Waals surface area (Å²) in [5.74, 6) is 0.277. The summed E-state index contributed by atoms with van der Waals surface area (Å²) in [5, 5.41) is 3.14. The number of hydrogen-bond donors (Lipinski definition) is 1. The number of benzene rings is 2. The molecule has 0 atom stereocenters. The molecule has 0 aliphatic heterocycles. The lowest BCUT2D eigenvalue weighted by molar-refractivity contribution is -0.136. The van der Waals surface area contributed by atoms with E-state index in [2.05, 4.69) is 37.2 Å². The molecule has 0 aliphatic carbocycles. The van der Waals surface area contributed by atoms with Crippen molar-refractivity contribution >= 4 is 49.1 Å². The molecular formula is C18H17Br2NO3. The van der Waals surface area contributed by atoms with Crippen molar-refractivity contribution in [2.45, 2.75) is 6.92 Å². The van der Waals surface area contributed by atoms with Crippen molar-refractivity contribution in [2.24, 2.45) is 0 Å². The maximum absolute atomic E-state index is 12.3. The Hall–Kier alpha value is -1.79. The number of methoxy groups -OCH3 is 1. The first kappa shape index (κ1) is 18.5. The fourth-order valence-electron chi connectivity index (χ4n) is 2.02. The first-order valence-corrected chi connectivity index (χ1v) is 8.87. The highest BCUT2D eigenvalue weighted by Gasteiger charge is 2.14. The van der Waals surface area contributed by atoms with E-state index in [1.54, 1.807) is 26.3 Å². The molecule has 0 bridgehead atoms. The monoisotopic (exact) mass is 453 g/mol. The number of carbonyl (C=O) groups excluding carboxylic acids is 1. The zero-order chi connectivity index (χ0) is 17.5. The molecule has 0 fully saturated rings. The SMILES string of the molecule is CCOC(=O)/C(=C\Nc1ccc(Br)cc1Br)c1cccc(OC)c1. The van der Waals surface area contributed by atoms with E-state index in [0.29, 0.717) is 23.5 Å². The molecule has 2 aromatic carbocycles. The van der Waals surface area contributed by atoms with E-state index in [4.69, 9.17) is 9.47 Å². The number of nitrogens with one attached hydrogen (secondary N) is 1. The number of ether oxygens (including phenoxy) is 2. The zero-order valence-corrected chi connectivity index (χ0v) is 16.5. The summed E-state index contributed by atoms with van der Waals surface area (Å²) in [6.07, 6.45) is 1.64. The summed E-state index contributed by atoms with van der Waals surface area (Å²) in [7, 11) is 1.59. The van der Waals surface area contributed by atoms with Crippen LogP contribution in [0.3, 0.4) is 0 Å². The lowest BCUT2D eigenvalue weighted by atomic mass is 10.1. The lowest BCUT2D eigenvalue weighted by Crippen LogP contribution is -2.09. The molecule has 6 heteroatoms. The molecule has 0 amide bonds. The maximum Gasteiger partial charge on any atom is 0.340 e. The molecule has 0 unspecified atom stereocenters. The van der Waals surface area contributed by atoms with E-state index >= 15 is 0 Å². The molecule has 126 valence electrons. The number of rotatable bonds is 6. The van der Waals surface area contributed by atoms with Crippen molar-refractivity contribution in [3.8, 4) is 5.75 Å². The second-order valence-electron chi connectivity index (χ2n) is 4.78. The van der Waals surface area contributed by atoms with Crippen molar-refractivity contribution in [3.63, 3.8) is 0 Å². The van der Waals surface area contributed by atoms with Gasteiger partial charge in [-0.05, 0) is 58.7 Å². The Morgan fingerprint density at radius 2 is 2.00 bits per heavy atom. The largest absolute Gasteiger partial charge is 0.497 e. The third-order valence-corrected chi connectivity index (χ3v) is 4.33. The molecule has 0 heterocycles. The van der Waals surface area contributed by atoms with Crippen molar-refractivity contribution in [1.29, 1.82) is 0 Å². The molecule has 2 rings (SSSR count). The normalized spacial score (nSPS) is 11.1. The summed E-state index contributed by atoms with van der Waals surface area (Å²) in [5.41, 5.74) is 1.97. The lowest BCUT2D eigenvalue weighted by Gasteiger charge is -2.11. The van der Waals surface area contributed by atoms with Gasteiger partial charge in [0, 0.05) is 15.1 Å². The van der Waals surface area contributed by atoms with Gasteiger partial charge in [0.1, 0.15) is 5.75 Å². The highest BCUT2D eigenvalue weighted by atomic mass is 79.9. The van der Waals surface area contributed by atoms with Crippen LogP contribution in [-0.2, 0) is 9.53 Å². The number of hydrogen-bond acceptors (Lipinski definition) is 4. The predicted molar refractivity (Wildman–Crippen MR) is 103 cm³/mol. The topological polar surface area (TPSA) is 47.6 Å². The average Bonchev–Trinajstić information content (AvgIpc) is 2.57. The Labute approximate surface area is 158 Å². The van der Waals surface area contributed by atoms with E-state index in [1.807, 2.05) is 36.4 Å². The molecule has 0 saturated heterocycles. The van der Waals surface area contributed by atoms with Gasteiger partial charge in [-0.25, -0.2) is 4.79 Å². The Kier molecular flexibility index (Phi) is 6.87. The number of halogens is 2. The molecule has 0 aromatic heterocycles. The van der Waals surface area contributed by atoms with Gasteiger partial charge in [-0.2, -0.15) is 0 Å². The molecule has 0 radical (unpaired) electrons. The van der Waals surface area contributed by atoms with E-state index in [-0.39, 0.29) is 0 Å². The Balaban J connectivity index is 2.36. The fraction of sp³-hybridized carbons (Fsp3) is 0.167. The minimum atomic E-state index is -0.397. The van der Waals surface area contributed by atoms with Crippen molar-refractivity contribution in [1.82, 2.24) is 0 Å². The van der Waals surface area contributed by atoms with E-state index < -0.39 is 5.97 Å². The Morgan fingerprint density at radius 1 is 1.21 bits per heavy atom. The summed E-state index contributed by atoms with van der Waals surface area (Å²) in [6, 6.07) is 13.0. The van der Waals surface area contributed by atoms with Gasteiger partial charge >= 0.3 is 5.97 Å². The summed E-state index contributed by atoms with van der Waals surface area (Å²) in [6.45, 7) is 2.09. The third-order valence-electron chi connectivity index (χ3n) is 3.18. The second kappa shape index (κ2) is 8.89. The minimum Gasteiger partial charge on any atom is -0.497 e. The maximum atomic E-state index is 12.3. The number of carbonyl (C=O) groups is 1. The average molecular weight is 455 g/mol. The second-order valence-corrected chi connectivity index (χ2v) is 6.55. The van der Waals surface area contributed by atoms with Crippen LogP contribution in [0.15, 0.2) is 57.6 Å². The van der Waals surface area contributed by atoms with Gasteiger partial charge in [-0.3, -0.25) is 0 Å². The van der Waals surface area contributed by atoms with E-state index in [0.717, 1.165) is 14.6 Å². The first-order chi connectivity index (χ1) is 11.5. The van der Waals surface area contributed by atoms with Crippen LogP contribution in [0.4, 0.5) is 5.69 Å². The van der Waals surface area contributed by atoms with Gasteiger partial charge in [-0.15, -0.1) is 0 Å². The molecule has 1 N–H and O–H groups in total. The standard InChI is InChI=1S/C18H17Br2NO3/c1-3-24-18(22)15(12-5-4-6-14(9-12)23-2)11-21-17-8-7-13(19)10-16(17)20/h4-11,21H,3H2,1-2H3/b15-11-. The van der Waals surface area contributed by atoms with Crippen LogP contribution in [0.2, 0.25) is 0 Å². The highest BCUT2D eigenvalue weighted by molar-refractivity contribution is 9.11. The number of anilines is 1. The van der Waals surface area contributed by atoms with Crippen LogP contribution in [0.5, 0.6) is 5.75 Å². The fourth-order valence-corrected chi connectivity index (χ4v) is 3.18. The Morgan fingerprint density at radius 3 is 2.67 bits per heavy atom. The first-order valence-electron chi connectivity index (χ1n) is 7.28. The van der Waals surface area contributed by atoms with Crippen LogP contribution < -0.4 is 10.1 Å². The van der Waals surface area contributed by atoms with Crippen molar-refractivity contribution in [3.05, 3.63) is 63.2 Å². The van der Waals surface area contributed by atoms with Gasteiger partial charge in [0.25, 0.3) is 0 Å². The minimum absolute atomic E-state index is 0.308. The molecule has 2 aromatic rings. The molecule has 4 nitrogen and oxygen atoms in total. The smallest absolute Gasteiger partial charge is 0.340 e. The Bertz CT molecular complexity index is 760. The summed E-state index contributed by atoms with van der Waals surface area (Å²) < 4.78 is 12.2. The zero-order valence-electron chi connectivity index (χ0n) is 13.3. The molecule has 0 spiro atoms. The van der Waals surface area contributed by atoms with Gasteiger partial charge in [-0.1, -0.05) is 28.1 Å². The van der Waals surface area contributed by atoms with Crippen LogP contribution in [-0.4, -0.2) is 19.7 Å².